The highest BCUT2D eigenvalue weighted by molar-refractivity contribution is 5.84. The molecule has 2 aliphatic rings. The quantitative estimate of drug-likeness (QED) is 0.460. The fourth-order valence-electron chi connectivity index (χ4n) is 2.86. The maximum Gasteiger partial charge on any atom is 0.328 e. The van der Waals surface area contributed by atoms with Crippen LogP contribution in [0.4, 0.5) is 0 Å². The van der Waals surface area contributed by atoms with E-state index in [4.69, 9.17) is 9.47 Å². The Morgan fingerprint density at radius 2 is 1.66 bits per heavy atom. The van der Waals surface area contributed by atoms with Gasteiger partial charge in [0.2, 0.25) is 0 Å². The van der Waals surface area contributed by atoms with E-state index in [1.165, 1.54) is 0 Å². The van der Waals surface area contributed by atoms with E-state index >= 15 is 0 Å². The molecule has 2 aromatic carbocycles. The van der Waals surface area contributed by atoms with Crippen LogP contribution in [0, 0.1) is 29.1 Å². The smallest absolute Gasteiger partial charge is 0.328 e. The molecule has 1 aliphatic carbocycles. The SMILES string of the molecule is O=C(OCC1CO1)C1(C#Cc2ccccc2)C=CC(C#Cc2ccccc2)=CC1. The Morgan fingerprint density at radius 1 is 1.00 bits per heavy atom. The van der Waals surface area contributed by atoms with Crippen molar-refractivity contribution in [3.8, 4) is 23.7 Å². The van der Waals surface area contributed by atoms with Crippen LogP contribution in [0.5, 0.6) is 0 Å². The van der Waals surface area contributed by atoms with Crippen molar-refractivity contribution in [2.24, 2.45) is 5.41 Å². The maximum atomic E-state index is 12.9. The van der Waals surface area contributed by atoms with Gasteiger partial charge in [-0.25, -0.2) is 0 Å². The summed E-state index contributed by atoms with van der Waals surface area (Å²) < 4.78 is 10.6. The van der Waals surface area contributed by atoms with Crippen molar-refractivity contribution >= 4 is 5.97 Å². The topological polar surface area (TPSA) is 38.8 Å². The van der Waals surface area contributed by atoms with Crippen LogP contribution in [0.2, 0.25) is 0 Å². The summed E-state index contributed by atoms with van der Waals surface area (Å²) in [6.45, 7) is 0.913. The van der Waals surface area contributed by atoms with Gasteiger partial charge < -0.3 is 9.47 Å². The van der Waals surface area contributed by atoms with Crippen LogP contribution >= 0.6 is 0 Å². The molecular weight excluding hydrogens is 360 g/mol. The first-order valence-electron chi connectivity index (χ1n) is 9.57. The second-order valence-electron chi connectivity index (χ2n) is 6.95. The van der Waals surface area contributed by atoms with Crippen LogP contribution in [0.25, 0.3) is 0 Å². The van der Waals surface area contributed by atoms with Gasteiger partial charge in [-0.3, -0.25) is 4.79 Å². The highest BCUT2D eigenvalue weighted by Crippen LogP contribution is 2.31. The van der Waals surface area contributed by atoms with Crippen LogP contribution in [0.15, 0.2) is 84.5 Å². The number of epoxide rings is 1. The van der Waals surface area contributed by atoms with E-state index in [0.717, 1.165) is 16.7 Å². The van der Waals surface area contributed by atoms with Crippen molar-refractivity contribution in [2.75, 3.05) is 13.2 Å². The molecule has 1 aliphatic heterocycles. The fraction of sp³-hybridized carbons (Fsp3) is 0.192. The molecule has 4 rings (SSSR count). The van der Waals surface area contributed by atoms with Gasteiger partial charge in [0.15, 0.2) is 5.41 Å². The van der Waals surface area contributed by atoms with Crippen molar-refractivity contribution in [3.05, 3.63) is 95.6 Å². The number of ether oxygens (including phenoxy) is 2. The predicted molar refractivity (Wildman–Crippen MR) is 112 cm³/mol. The largest absolute Gasteiger partial charge is 0.461 e. The molecule has 0 amide bonds. The van der Waals surface area contributed by atoms with Crippen LogP contribution < -0.4 is 0 Å². The zero-order valence-corrected chi connectivity index (χ0v) is 15.9. The van der Waals surface area contributed by atoms with Crippen molar-refractivity contribution in [1.82, 2.24) is 0 Å². The Bertz CT molecular complexity index is 1050. The first-order chi connectivity index (χ1) is 14.2. The Balaban J connectivity index is 1.55. The molecule has 1 saturated heterocycles. The molecule has 0 spiro atoms. The molecule has 0 aromatic heterocycles. The molecule has 0 bridgehead atoms. The number of hydrogen-bond acceptors (Lipinski definition) is 3. The summed E-state index contributed by atoms with van der Waals surface area (Å²) in [5.41, 5.74) is 1.66. The van der Waals surface area contributed by atoms with Gasteiger partial charge in [0.25, 0.3) is 0 Å². The van der Waals surface area contributed by atoms with Gasteiger partial charge in [0, 0.05) is 16.7 Å². The van der Waals surface area contributed by atoms with Crippen molar-refractivity contribution in [3.63, 3.8) is 0 Å². The molecule has 3 heteroatoms. The second kappa shape index (κ2) is 8.65. The van der Waals surface area contributed by atoms with Gasteiger partial charge in [-0.15, -0.1) is 0 Å². The van der Waals surface area contributed by atoms with Gasteiger partial charge in [-0.1, -0.05) is 72.2 Å². The minimum Gasteiger partial charge on any atom is -0.461 e. The number of rotatable bonds is 3. The van der Waals surface area contributed by atoms with Crippen LogP contribution in [0.3, 0.4) is 0 Å². The van der Waals surface area contributed by atoms with Gasteiger partial charge in [-0.2, -0.15) is 0 Å². The Morgan fingerprint density at radius 3 is 2.24 bits per heavy atom. The third-order valence-electron chi connectivity index (χ3n) is 4.69. The maximum absolute atomic E-state index is 12.9. The highest BCUT2D eigenvalue weighted by atomic mass is 16.6. The van der Waals surface area contributed by atoms with Gasteiger partial charge in [0.05, 0.1) is 6.61 Å². The average molecular weight is 380 g/mol. The summed E-state index contributed by atoms with van der Waals surface area (Å²) in [7, 11) is 0. The number of hydrogen-bond donors (Lipinski definition) is 0. The molecule has 2 atom stereocenters. The summed E-state index contributed by atoms with van der Waals surface area (Å²) in [5.74, 6) is 12.2. The van der Waals surface area contributed by atoms with E-state index in [-0.39, 0.29) is 18.7 Å². The summed E-state index contributed by atoms with van der Waals surface area (Å²) in [4.78, 5) is 12.9. The lowest BCUT2D eigenvalue weighted by Crippen LogP contribution is -2.31. The third kappa shape index (κ3) is 5.05. The molecule has 0 N–H and O–H groups in total. The zero-order valence-electron chi connectivity index (χ0n) is 15.9. The van der Waals surface area contributed by atoms with E-state index in [0.29, 0.717) is 13.0 Å². The molecule has 1 fully saturated rings. The Kier molecular flexibility index (Phi) is 5.61. The molecule has 0 saturated carbocycles. The van der Waals surface area contributed by atoms with E-state index in [9.17, 15) is 4.79 Å². The number of esters is 1. The van der Waals surface area contributed by atoms with Crippen LogP contribution in [0.1, 0.15) is 17.5 Å². The molecule has 0 radical (unpaired) electrons. The van der Waals surface area contributed by atoms with Gasteiger partial charge in [-0.05, 0) is 36.8 Å². The normalized spacial score (nSPS) is 21.7. The molecule has 1 heterocycles. The Labute approximate surface area is 171 Å². The average Bonchev–Trinajstić information content (AvgIpc) is 3.61. The first-order valence-corrected chi connectivity index (χ1v) is 9.57. The first kappa shape index (κ1) is 18.8. The zero-order chi connectivity index (χ0) is 19.9. The fourth-order valence-corrected chi connectivity index (χ4v) is 2.86. The van der Waals surface area contributed by atoms with Crippen LogP contribution in [-0.2, 0) is 14.3 Å². The number of allylic oxidation sites excluding steroid dienone is 3. The summed E-state index contributed by atoms with van der Waals surface area (Å²) >= 11 is 0. The van der Waals surface area contributed by atoms with E-state index in [1.807, 2.05) is 78.9 Å². The molecule has 2 unspecified atom stereocenters. The van der Waals surface area contributed by atoms with Crippen LogP contribution in [-0.4, -0.2) is 25.3 Å². The van der Waals surface area contributed by atoms with Crippen molar-refractivity contribution in [2.45, 2.75) is 12.5 Å². The highest BCUT2D eigenvalue weighted by Gasteiger charge is 2.38. The summed E-state index contributed by atoms with van der Waals surface area (Å²) in [6.07, 6.45) is 6.06. The van der Waals surface area contributed by atoms with E-state index in [1.54, 1.807) is 0 Å². The number of carbonyl (C=O) groups excluding carboxylic acids is 1. The third-order valence-corrected chi connectivity index (χ3v) is 4.69. The van der Waals surface area contributed by atoms with Gasteiger partial charge >= 0.3 is 5.97 Å². The monoisotopic (exact) mass is 380 g/mol. The second-order valence-corrected chi connectivity index (χ2v) is 6.95. The van der Waals surface area contributed by atoms with Crippen molar-refractivity contribution < 1.29 is 14.3 Å². The standard InChI is InChI=1S/C26H20O3/c27-25(29-20-24-19-28-24)26(16-13-22-9-5-2-6-10-22)17-14-23(15-18-26)12-11-21-7-3-1-4-8-21/h1-10,14-15,17,24H,18-20H2. The summed E-state index contributed by atoms with van der Waals surface area (Å²) in [5, 5.41) is 0. The number of benzene rings is 2. The van der Waals surface area contributed by atoms with E-state index < -0.39 is 5.41 Å². The molecular formula is C26H20O3. The lowest BCUT2D eigenvalue weighted by Gasteiger charge is -2.24. The predicted octanol–water partition coefficient (Wildman–Crippen LogP) is 3.90. The molecule has 142 valence electrons. The molecule has 29 heavy (non-hydrogen) atoms. The summed E-state index contributed by atoms with van der Waals surface area (Å²) in [6, 6.07) is 19.4. The lowest BCUT2D eigenvalue weighted by atomic mass is 9.80. The van der Waals surface area contributed by atoms with E-state index in [2.05, 4.69) is 23.7 Å². The molecule has 2 aromatic rings. The Hall–Kier alpha value is -3.53. The van der Waals surface area contributed by atoms with Crippen molar-refractivity contribution in [1.29, 1.82) is 0 Å². The number of carbonyl (C=O) groups is 1. The van der Waals surface area contributed by atoms with Gasteiger partial charge in [0.1, 0.15) is 12.7 Å². The molecule has 3 nitrogen and oxygen atoms in total. The minimum atomic E-state index is -1.01. The lowest BCUT2D eigenvalue weighted by molar-refractivity contribution is -0.150. The minimum absolute atomic E-state index is 0.0218.